The van der Waals surface area contributed by atoms with E-state index in [-0.39, 0.29) is 10.9 Å². The van der Waals surface area contributed by atoms with Crippen LogP contribution in [0.1, 0.15) is 51.4 Å². The van der Waals surface area contributed by atoms with Crippen LogP contribution in [0.25, 0.3) is 0 Å². The summed E-state index contributed by atoms with van der Waals surface area (Å²) in [6, 6.07) is 0.662. The van der Waals surface area contributed by atoms with Crippen molar-refractivity contribution in [2.45, 2.75) is 68.6 Å². The standard InChI is InChI=1S/C15H25N5O2S/c1-23-15-18-13(16-10-6-2-3-7-10)12(20(21)22)14(19-15)17-11-8-4-5-9-11/h10-11,21-22H,2-9H2,1H3,(H2,16,17,18,19). The molecule has 0 atom stereocenters. The zero-order valence-corrected chi connectivity index (χ0v) is 14.3. The molecular formula is C15H25N5O2S. The summed E-state index contributed by atoms with van der Waals surface area (Å²) in [6.07, 6.45) is 11.0. The molecule has 2 aliphatic rings. The van der Waals surface area contributed by atoms with Gasteiger partial charge >= 0.3 is 0 Å². The average molecular weight is 339 g/mol. The Hall–Kier alpha value is -1.25. The molecule has 23 heavy (non-hydrogen) atoms. The highest BCUT2D eigenvalue weighted by Gasteiger charge is 2.25. The normalized spacial score (nSPS) is 19.3. The third-order valence-electron chi connectivity index (χ3n) is 4.64. The molecule has 2 saturated carbocycles. The van der Waals surface area contributed by atoms with E-state index < -0.39 is 0 Å². The Morgan fingerprint density at radius 1 is 0.913 bits per heavy atom. The van der Waals surface area contributed by atoms with E-state index in [1.807, 2.05) is 6.26 Å². The monoisotopic (exact) mass is 339 g/mol. The first kappa shape index (κ1) is 16.6. The molecule has 4 N–H and O–H groups in total. The van der Waals surface area contributed by atoms with Gasteiger partial charge in [-0.3, -0.25) is 10.4 Å². The SMILES string of the molecule is CSc1nc(NC2CCCC2)c(N(O)O)c(NC2CCCC2)n1. The van der Waals surface area contributed by atoms with Crippen molar-refractivity contribution in [3.63, 3.8) is 0 Å². The van der Waals surface area contributed by atoms with Crippen LogP contribution in [0.4, 0.5) is 17.3 Å². The lowest BCUT2D eigenvalue weighted by Gasteiger charge is -2.23. The van der Waals surface area contributed by atoms with Gasteiger partial charge in [0, 0.05) is 12.1 Å². The number of rotatable bonds is 6. The average Bonchev–Trinajstić information content (AvgIpc) is 3.20. The molecule has 0 aliphatic heterocycles. The summed E-state index contributed by atoms with van der Waals surface area (Å²) >= 11 is 1.45. The van der Waals surface area contributed by atoms with Gasteiger partial charge in [-0.25, -0.2) is 9.97 Å². The van der Waals surface area contributed by atoms with Crippen LogP contribution in [0, 0.1) is 0 Å². The zero-order valence-electron chi connectivity index (χ0n) is 13.5. The van der Waals surface area contributed by atoms with E-state index in [1.54, 1.807) is 0 Å². The molecule has 2 aliphatic carbocycles. The van der Waals surface area contributed by atoms with Crippen LogP contribution in [-0.4, -0.2) is 38.7 Å². The fourth-order valence-electron chi connectivity index (χ4n) is 3.44. The summed E-state index contributed by atoms with van der Waals surface area (Å²) in [5, 5.41) is 26.9. The molecule has 0 radical (unpaired) electrons. The first-order valence-electron chi connectivity index (χ1n) is 8.34. The van der Waals surface area contributed by atoms with Crippen LogP contribution < -0.4 is 15.9 Å². The molecule has 0 aromatic carbocycles. The molecule has 128 valence electrons. The van der Waals surface area contributed by atoms with Crippen molar-refractivity contribution in [3.05, 3.63) is 0 Å². The van der Waals surface area contributed by atoms with Gasteiger partial charge in [-0.2, -0.15) is 0 Å². The molecule has 0 unspecified atom stereocenters. The molecule has 0 spiro atoms. The maximum atomic E-state index is 9.72. The number of anilines is 3. The quantitative estimate of drug-likeness (QED) is 0.355. The summed E-state index contributed by atoms with van der Waals surface area (Å²) in [7, 11) is 0. The second-order valence-corrected chi connectivity index (χ2v) is 7.07. The molecule has 0 amide bonds. The molecule has 0 saturated heterocycles. The van der Waals surface area contributed by atoms with Crippen LogP contribution in [-0.2, 0) is 0 Å². The highest BCUT2D eigenvalue weighted by Crippen LogP contribution is 2.35. The highest BCUT2D eigenvalue weighted by atomic mass is 32.2. The Balaban J connectivity index is 1.90. The molecular weight excluding hydrogens is 314 g/mol. The van der Waals surface area contributed by atoms with Crippen molar-refractivity contribution in [1.82, 2.24) is 9.97 Å². The van der Waals surface area contributed by atoms with E-state index in [1.165, 1.54) is 37.4 Å². The number of nitrogens with zero attached hydrogens (tertiary/aromatic N) is 3. The lowest BCUT2D eigenvalue weighted by atomic mass is 10.2. The first-order chi connectivity index (χ1) is 11.2. The summed E-state index contributed by atoms with van der Waals surface area (Å²) in [5.41, 5.74) is 0.210. The molecule has 3 rings (SSSR count). The van der Waals surface area contributed by atoms with Gasteiger partial charge in [0.05, 0.1) is 0 Å². The maximum absolute atomic E-state index is 9.72. The van der Waals surface area contributed by atoms with Gasteiger partial charge in [0.2, 0.25) is 0 Å². The number of aromatic nitrogens is 2. The summed E-state index contributed by atoms with van der Waals surface area (Å²) in [6.45, 7) is 0. The van der Waals surface area contributed by atoms with Crippen LogP contribution in [0.2, 0.25) is 0 Å². The van der Waals surface area contributed by atoms with E-state index >= 15 is 0 Å². The van der Waals surface area contributed by atoms with E-state index in [0.29, 0.717) is 28.9 Å². The maximum Gasteiger partial charge on any atom is 0.191 e. The molecule has 1 aromatic rings. The molecule has 2 fully saturated rings. The molecule has 0 bridgehead atoms. The predicted octanol–water partition coefficient (Wildman–Crippen LogP) is 3.49. The summed E-state index contributed by atoms with van der Waals surface area (Å²) in [5.74, 6) is 0.975. The molecule has 1 aromatic heterocycles. The van der Waals surface area contributed by atoms with Crippen molar-refractivity contribution in [2.75, 3.05) is 22.1 Å². The van der Waals surface area contributed by atoms with Gasteiger partial charge in [0.1, 0.15) is 0 Å². The van der Waals surface area contributed by atoms with Crippen LogP contribution >= 0.6 is 11.8 Å². The molecule has 8 heteroatoms. The third kappa shape index (κ3) is 3.99. The van der Waals surface area contributed by atoms with Crippen molar-refractivity contribution >= 4 is 29.1 Å². The first-order valence-corrected chi connectivity index (χ1v) is 9.57. The Kier molecular flexibility index (Phi) is 5.45. The predicted molar refractivity (Wildman–Crippen MR) is 91.6 cm³/mol. The number of thioether (sulfide) groups is 1. The van der Waals surface area contributed by atoms with Crippen LogP contribution in [0.5, 0.6) is 0 Å². The minimum Gasteiger partial charge on any atom is -0.365 e. The second-order valence-electron chi connectivity index (χ2n) is 6.30. The second kappa shape index (κ2) is 7.55. The van der Waals surface area contributed by atoms with Crippen LogP contribution in [0.3, 0.4) is 0 Å². The van der Waals surface area contributed by atoms with Crippen LogP contribution in [0.15, 0.2) is 5.16 Å². The summed E-state index contributed by atoms with van der Waals surface area (Å²) < 4.78 is 0. The number of hydrogen-bond donors (Lipinski definition) is 4. The van der Waals surface area contributed by atoms with Gasteiger partial charge in [-0.1, -0.05) is 37.4 Å². The van der Waals surface area contributed by atoms with E-state index in [4.69, 9.17) is 0 Å². The van der Waals surface area contributed by atoms with E-state index in [2.05, 4.69) is 20.6 Å². The van der Waals surface area contributed by atoms with Crippen molar-refractivity contribution in [1.29, 1.82) is 0 Å². The Morgan fingerprint density at radius 3 is 1.70 bits per heavy atom. The van der Waals surface area contributed by atoms with E-state index in [9.17, 15) is 10.4 Å². The topological polar surface area (TPSA) is 93.5 Å². The fourth-order valence-corrected chi connectivity index (χ4v) is 3.81. The van der Waals surface area contributed by atoms with Gasteiger partial charge in [0.15, 0.2) is 22.5 Å². The highest BCUT2D eigenvalue weighted by molar-refractivity contribution is 7.98. The van der Waals surface area contributed by atoms with E-state index in [0.717, 1.165) is 25.7 Å². The van der Waals surface area contributed by atoms with Crippen molar-refractivity contribution in [2.24, 2.45) is 0 Å². The lowest BCUT2D eigenvalue weighted by Crippen LogP contribution is -2.24. The number of nitrogens with one attached hydrogen (secondary N) is 2. The third-order valence-corrected chi connectivity index (χ3v) is 5.19. The minimum atomic E-state index is 0.138. The van der Waals surface area contributed by atoms with Gasteiger partial charge in [-0.15, -0.1) is 5.23 Å². The van der Waals surface area contributed by atoms with Crippen molar-refractivity contribution in [3.8, 4) is 0 Å². The van der Waals surface area contributed by atoms with Gasteiger partial charge in [0.25, 0.3) is 0 Å². The Bertz CT molecular complexity index is 492. The fraction of sp³-hybridized carbons (Fsp3) is 0.733. The lowest BCUT2D eigenvalue weighted by molar-refractivity contribution is 0.0295. The molecule has 7 nitrogen and oxygen atoms in total. The van der Waals surface area contributed by atoms with Gasteiger partial charge < -0.3 is 10.6 Å². The zero-order chi connectivity index (χ0) is 16.2. The Labute approximate surface area is 140 Å². The smallest absolute Gasteiger partial charge is 0.191 e. The minimum absolute atomic E-state index is 0.138. The number of hydrogen-bond acceptors (Lipinski definition) is 8. The Morgan fingerprint density at radius 2 is 1.35 bits per heavy atom. The molecule has 1 heterocycles. The summed E-state index contributed by atoms with van der Waals surface area (Å²) in [4.78, 5) is 8.90. The van der Waals surface area contributed by atoms with Gasteiger partial charge in [-0.05, 0) is 31.9 Å². The largest absolute Gasteiger partial charge is 0.365 e. The van der Waals surface area contributed by atoms with Crippen molar-refractivity contribution < 1.29 is 10.4 Å².